The number of benzene rings is 1. The zero-order chi connectivity index (χ0) is 13.1. The number of carbonyl (C=O) groups is 1. The number of carbonyl (C=O) groups excluding carboxylic acids is 1. The van der Waals surface area contributed by atoms with Crippen molar-refractivity contribution in [3.05, 3.63) is 64.3 Å². The molecule has 5 heteroatoms. The first-order chi connectivity index (χ1) is 8.56. The summed E-state index contributed by atoms with van der Waals surface area (Å²) in [7, 11) is 1.54. The number of nitrogens with zero attached hydrogens (tertiary/aromatic N) is 1. The molecule has 0 saturated heterocycles. The fourth-order valence-electron chi connectivity index (χ4n) is 1.38. The van der Waals surface area contributed by atoms with Crippen LogP contribution in [0.25, 0.3) is 0 Å². The maximum absolute atomic E-state index is 12.7. The normalized spacial score (nSPS) is 10.1. The van der Waals surface area contributed by atoms with Crippen LogP contribution in [0.1, 0.15) is 10.4 Å². The van der Waals surface area contributed by atoms with Crippen LogP contribution < -0.4 is 10.3 Å². The van der Waals surface area contributed by atoms with E-state index in [0.717, 1.165) is 0 Å². The van der Waals surface area contributed by atoms with Crippen LogP contribution in [0.5, 0.6) is 5.75 Å². The Kier molecular flexibility index (Phi) is 3.23. The van der Waals surface area contributed by atoms with Gasteiger partial charge in [0.05, 0.1) is 5.56 Å². The molecule has 0 amide bonds. The fraction of sp³-hybridized carbons (Fsp3) is 0.0769. The van der Waals surface area contributed by atoms with Crippen LogP contribution in [0.2, 0.25) is 0 Å². The second-order valence-corrected chi connectivity index (χ2v) is 3.71. The van der Waals surface area contributed by atoms with Crippen molar-refractivity contribution in [1.82, 2.24) is 4.57 Å². The predicted octanol–water partition coefficient (Wildman–Crippen LogP) is 1.74. The Morgan fingerprint density at radius 1 is 1.17 bits per heavy atom. The van der Waals surface area contributed by atoms with Crippen LogP contribution in [0.4, 0.5) is 4.39 Å². The molecule has 4 nitrogen and oxygen atoms in total. The van der Waals surface area contributed by atoms with Crippen molar-refractivity contribution in [2.45, 2.75) is 0 Å². The number of rotatable bonds is 2. The van der Waals surface area contributed by atoms with Gasteiger partial charge < -0.3 is 9.30 Å². The summed E-state index contributed by atoms with van der Waals surface area (Å²) < 4.78 is 19.0. The molecule has 0 aliphatic heterocycles. The first kappa shape index (κ1) is 12.0. The highest BCUT2D eigenvalue weighted by Gasteiger charge is 2.09. The maximum atomic E-state index is 12.7. The van der Waals surface area contributed by atoms with Gasteiger partial charge in [-0.3, -0.25) is 4.79 Å². The molecule has 0 unspecified atom stereocenters. The molecule has 2 aromatic rings. The second-order valence-electron chi connectivity index (χ2n) is 3.71. The quantitative estimate of drug-likeness (QED) is 0.600. The average molecular weight is 247 g/mol. The molecule has 0 N–H and O–H groups in total. The van der Waals surface area contributed by atoms with Gasteiger partial charge in [0.1, 0.15) is 11.6 Å². The van der Waals surface area contributed by atoms with E-state index in [2.05, 4.69) is 0 Å². The topological polar surface area (TPSA) is 48.3 Å². The minimum Gasteiger partial charge on any atom is -0.423 e. The summed E-state index contributed by atoms with van der Waals surface area (Å²) in [4.78, 5) is 22.9. The van der Waals surface area contributed by atoms with Gasteiger partial charge in [-0.1, -0.05) is 0 Å². The molecule has 0 bridgehead atoms. The van der Waals surface area contributed by atoms with Crippen molar-refractivity contribution < 1.29 is 13.9 Å². The Labute approximate surface area is 102 Å². The van der Waals surface area contributed by atoms with Crippen LogP contribution >= 0.6 is 0 Å². The SMILES string of the molecule is Cn1cc(C(=O)Oc2ccc(F)cc2)ccc1=O. The number of halogens is 1. The summed E-state index contributed by atoms with van der Waals surface area (Å²) >= 11 is 0. The standard InChI is InChI=1S/C13H10FNO3/c1-15-8-9(2-7-12(15)16)13(17)18-11-5-3-10(14)4-6-11/h2-8H,1H3. The van der Waals surface area contributed by atoms with Crippen LogP contribution in [0.3, 0.4) is 0 Å². The van der Waals surface area contributed by atoms with Gasteiger partial charge in [0.15, 0.2) is 0 Å². The van der Waals surface area contributed by atoms with E-state index in [0.29, 0.717) is 0 Å². The molecular formula is C13H10FNO3. The zero-order valence-corrected chi connectivity index (χ0v) is 9.59. The molecule has 1 aromatic carbocycles. The van der Waals surface area contributed by atoms with Gasteiger partial charge in [-0.05, 0) is 30.3 Å². The summed E-state index contributed by atoms with van der Waals surface area (Å²) in [5, 5.41) is 0. The molecule has 0 saturated carbocycles. The van der Waals surface area contributed by atoms with Crippen LogP contribution in [0, 0.1) is 5.82 Å². The lowest BCUT2D eigenvalue weighted by atomic mass is 10.3. The fourth-order valence-corrected chi connectivity index (χ4v) is 1.38. The van der Waals surface area contributed by atoms with E-state index < -0.39 is 11.8 Å². The molecule has 18 heavy (non-hydrogen) atoms. The molecule has 1 aromatic heterocycles. The van der Waals surface area contributed by atoms with E-state index >= 15 is 0 Å². The summed E-state index contributed by atoms with van der Waals surface area (Å²) in [5.74, 6) is -0.760. The Balaban J connectivity index is 2.19. The highest BCUT2D eigenvalue weighted by molar-refractivity contribution is 5.90. The van der Waals surface area contributed by atoms with Crippen LogP contribution in [0.15, 0.2) is 47.4 Å². The first-order valence-electron chi connectivity index (χ1n) is 5.21. The van der Waals surface area contributed by atoms with Crippen molar-refractivity contribution in [3.8, 4) is 5.75 Å². The Hall–Kier alpha value is -2.43. The van der Waals surface area contributed by atoms with Crippen LogP contribution in [-0.2, 0) is 7.05 Å². The number of pyridine rings is 1. The van der Waals surface area contributed by atoms with Gasteiger partial charge in [-0.15, -0.1) is 0 Å². The molecule has 0 spiro atoms. The highest BCUT2D eigenvalue weighted by Crippen LogP contribution is 2.13. The number of aromatic nitrogens is 1. The zero-order valence-electron chi connectivity index (χ0n) is 9.59. The number of hydrogen-bond donors (Lipinski definition) is 0. The van der Waals surface area contributed by atoms with E-state index in [1.165, 1.54) is 54.2 Å². The molecule has 0 fully saturated rings. The van der Waals surface area contributed by atoms with Crippen LogP contribution in [-0.4, -0.2) is 10.5 Å². The molecule has 0 aliphatic carbocycles. The molecule has 1 heterocycles. The van der Waals surface area contributed by atoms with E-state index in [4.69, 9.17) is 4.74 Å². The van der Waals surface area contributed by atoms with Gasteiger partial charge in [0.2, 0.25) is 5.56 Å². The lowest BCUT2D eigenvalue weighted by Gasteiger charge is -2.05. The third-order valence-corrected chi connectivity index (χ3v) is 2.35. The molecule has 0 aliphatic rings. The van der Waals surface area contributed by atoms with Crippen molar-refractivity contribution >= 4 is 5.97 Å². The van der Waals surface area contributed by atoms with E-state index in [1.807, 2.05) is 0 Å². The number of aryl methyl sites for hydroxylation is 1. The summed E-state index contributed by atoms with van der Waals surface area (Å²) in [6, 6.07) is 7.77. The molecule has 0 radical (unpaired) electrons. The van der Waals surface area contributed by atoms with E-state index in [9.17, 15) is 14.0 Å². The third-order valence-electron chi connectivity index (χ3n) is 2.35. The smallest absolute Gasteiger partial charge is 0.345 e. The van der Waals surface area contributed by atoms with Crippen molar-refractivity contribution in [2.75, 3.05) is 0 Å². The van der Waals surface area contributed by atoms with Crippen molar-refractivity contribution in [2.24, 2.45) is 7.05 Å². The van der Waals surface area contributed by atoms with E-state index in [1.54, 1.807) is 0 Å². The molecule has 0 atom stereocenters. The number of ether oxygens (including phenoxy) is 1. The van der Waals surface area contributed by atoms with Gasteiger partial charge in [-0.25, -0.2) is 9.18 Å². The highest BCUT2D eigenvalue weighted by atomic mass is 19.1. The number of hydrogen-bond acceptors (Lipinski definition) is 3. The monoisotopic (exact) mass is 247 g/mol. The predicted molar refractivity (Wildman–Crippen MR) is 63.0 cm³/mol. The number of esters is 1. The van der Waals surface area contributed by atoms with Gasteiger partial charge in [0.25, 0.3) is 0 Å². The van der Waals surface area contributed by atoms with E-state index in [-0.39, 0.29) is 16.9 Å². The van der Waals surface area contributed by atoms with Crippen molar-refractivity contribution in [3.63, 3.8) is 0 Å². The van der Waals surface area contributed by atoms with Gasteiger partial charge >= 0.3 is 5.97 Å². The average Bonchev–Trinajstić information content (AvgIpc) is 2.35. The summed E-state index contributed by atoms with van der Waals surface area (Å²) in [5.41, 5.74) is 0.0368. The van der Waals surface area contributed by atoms with Gasteiger partial charge in [-0.2, -0.15) is 0 Å². The Morgan fingerprint density at radius 3 is 2.44 bits per heavy atom. The third kappa shape index (κ3) is 2.63. The second kappa shape index (κ2) is 4.83. The minimum absolute atomic E-state index is 0.215. The summed E-state index contributed by atoms with van der Waals surface area (Å²) in [6.07, 6.45) is 1.38. The Bertz CT molecular complexity index is 631. The molecule has 2 rings (SSSR count). The molecular weight excluding hydrogens is 237 g/mol. The lowest BCUT2D eigenvalue weighted by molar-refractivity contribution is 0.0733. The Morgan fingerprint density at radius 2 is 1.83 bits per heavy atom. The summed E-state index contributed by atoms with van der Waals surface area (Å²) in [6.45, 7) is 0. The molecule has 92 valence electrons. The lowest BCUT2D eigenvalue weighted by Crippen LogP contribution is -2.18. The van der Waals surface area contributed by atoms with Crippen molar-refractivity contribution in [1.29, 1.82) is 0 Å². The largest absolute Gasteiger partial charge is 0.423 e. The first-order valence-corrected chi connectivity index (χ1v) is 5.21. The maximum Gasteiger partial charge on any atom is 0.345 e. The minimum atomic E-state index is -0.600. The van der Waals surface area contributed by atoms with Gasteiger partial charge in [0, 0.05) is 19.3 Å².